The summed E-state index contributed by atoms with van der Waals surface area (Å²) in [4.78, 5) is 4.21. The van der Waals surface area contributed by atoms with Crippen LogP contribution in [0.2, 0.25) is 0 Å². The molecule has 0 spiro atoms. The van der Waals surface area contributed by atoms with Gasteiger partial charge in [-0.25, -0.2) is 8.42 Å². The average Bonchev–Trinajstić information content (AvgIpc) is 2.80. The number of nitrogens with zero attached hydrogens (tertiary/aromatic N) is 1. The molecule has 1 saturated heterocycles. The number of guanidine groups is 1. The molecule has 1 heterocycles. The van der Waals surface area contributed by atoms with Crippen LogP contribution in [0.1, 0.15) is 44.9 Å². The van der Waals surface area contributed by atoms with Crippen molar-refractivity contribution in [3.63, 3.8) is 0 Å². The van der Waals surface area contributed by atoms with E-state index >= 15 is 0 Å². The lowest BCUT2D eigenvalue weighted by atomic mass is 10.2. The van der Waals surface area contributed by atoms with Crippen LogP contribution in [0.3, 0.4) is 0 Å². The second-order valence-corrected chi connectivity index (χ2v) is 7.74. The van der Waals surface area contributed by atoms with Crippen molar-refractivity contribution in [3.05, 3.63) is 0 Å². The second-order valence-electron chi connectivity index (χ2n) is 5.34. The third-order valence-electron chi connectivity index (χ3n) is 3.89. The Balaban J connectivity index is 0.00000180. The van der Waals surface area contributed by atoms with Crippen molar-refractivity contribution < 1.29 is 8.42 Å². The molecule has 2 rings (SSSR count). The van der Waals surface area contributed by atoms with E-state index in [1.54, 1.807) is 0 Å². The Hall–Kier alpha value is -0.0500. The zero-order valence-corrected chi connectivity index (χ0v) is 14.3. The molecule has 5 nitrogen and oxygen atoms in total. The summed E-state index contributed by atoms with van der Waals surface area (Å²) in [5.41, 5.74) is 5.80. The second kappa shape index (κ2) is 7.66. The average molecular weight is 401 g/mol. The summed E-state index contributed by atoms with van der Waals surface area (Å²) in [6.07, 6.45) is 7.25. The van der Waals surface area contributed by atoms with Gasteiger partial charge in [-0.15, -0.1) is 24.0 Å². The summed E-state index contributed by atoms with van der Waals surface area (Å²) in [5, 5.41) is 2.85. The molecule has 112 valence electrons. The number of nitrogens with two attached hydrogens (primary N) is 1. The van der Waals surface area contributed by atoms with Crippen LogP contribution in [0.5, 0.6) is 0 Å². The van der Waals surface area contributed by atoms with Crippen molar-refractivity contribution in [2.24, 2.45) is 10.7 Å². The highest BCUT2D eigenvalue weighted by Gasteiger charge is 2.28. The van der Waals surface area contributed by atoms with E-state index in [2.05, 4.69) is 10.3 Å². The minimum Gasteiger partial charge on any atom is -0.370 e. The Kier molecular flexibility index (Phi) is 6.85. The normalized spacial score (nSPS) is 27.8. The van der Waals surface area contributed by atoms with E-state index in [1.807, 2.05) is 0 Å². The molecule has 0 aromatic rings. The standard InChI is InChI=1S/C12H23N3O2S.HI/c13-12(15-10-5-1-2-6-10)14-9-11-7-3-4-8-18(11,16)17;/h10-11H,1-9H2,(H3,13,14,15);1H. The summed E-state index contributed by atoms with van der Waals surface area (Å²) in [7, 11) is -2.94. The first-order valence-corrected chi connectivity index (χ1v) is 8.57. The molecule has 1 saturated carbocycles. The molecular weight excluding hydrogens is 377 g/mol. The zero-order valence-electron chi connectivity index (χ0n) is 11.2. The summed E-state index contributed by atoms with van der Waals surface area (Å²) < 4.78 is 23.6. The summed E-state index contributed by atoms with van der Waals surface area (Å²) in [5.74, 6) is 0.714. The summed E-state index contributed by atoms with van der Waals surface area (Å²) in [6, 6.07) is 0.428. The Morgan fingerprint density at radius 3 is 2.42 bits per heavy atom. The molecule has 0 amide bonds. The summed E-state index contributed by atoms with van der Waals surface area (Å²) in [6.45, 7) is 0.313. The Bertz CT molecular complexity index is 405. The molecule has 0 aromatic heterocycles. The quantitative estimate of drug-likeness (QED) is 0.426. The first-order valence-electron chi connectivity index (χ1n) is 6.86. The van der Waals surface area contributed by atoms with Crippen LogP contribution in [0.25, 0.3) is 0 Å². The summed E-state index contributed by atoms with van der Waals surface area (Å²) >= 11 is 0. The predicted octanol–water partition coefficient (Wildman–Crippen LogP) is 1.42. The Morgan fingerprint density at radius 2 is 1.79 bits per heavy atom. The van der Waals surface area contributed by atoms with Crippen molar-refractivity contribution in [3.8, 4) is 0 Å². The lowest BCUT2D eigenvalue weighted by Gasteiger charge is -2.21. The fourth-order valence-corrected chi connectivity index (χ4v) is 4.52. The molecule has 7 heteroatoms. The first kappa shape index (κ1) is 17.0. The number of aliphatic imine (C=N–C) groups is 1. The zero-order chi connectivity index (χ0) is 13.0. The van der Waals surface area contributed by atoms with Gasteiger partial charge in [0.2, 0.25) is 0 Å². The maximum absolute atomic E-state index is 11.8. The molecule has 1 aliphatic heterocycles. The van der Waals surface area contributed by atoms with Gasteiger partial charge in [0, 0.05) is 6.04 Å². The van der Waals surface area contributed by atoms with E-state index in [-0.39, 0.29) is 29.2 Å². The van der Waals surface area contributed by atoms with Gasteiger partial charge in [0.15, 0.2) is 15.8 Å². The fourth-order valence-electron chi connectivity index (χ4n) is 2.75. The van der Waals surface area contributed by atoms with E-state index in [0.717, 1.165) is 32.1 Å². The number of halogens is 1. The van der Waals surface area contributed by atoms with Crippen molar-refractivity contribution in [2.75, 3.05) is 12.3 Å². The molecule has 0 radical (unpaired) electrons. The van der Waals surface area contributed by atoms with Gasteiger partial charge in [-0.1, -0.05) is 19.3 Å². The molecule has 0 aromatic carbocycles. The minimum atomic E-state index is -2.94. The number of nitrogens with one attached hydrogen (secondary N) is 1. The molecule has 1 atom stereocenters. The highest BCUT2D eigenvalue weighted by Crippen LogP contribution is 2.20. The van der Waals surface area contributed by atoms with Gasteiger partial charge in [0.25, 0.3) is 0 Å². The third kappa shape index (κ3) is 5.09. The molecular formula is C12H24IN3O2S. The van der Waals surface area contributed by atoms with E-state index < -0.39 is 9.84 Å². The van der Waals surface area contributed by atoms with Gasteiger partial charge in [-0.3, -0.25) is 4.99 Å². The maximum atomic E-state index is 11.8. The van der Waals surface area contributed by atoms with Crippen LogP contribution in [0.4, 0.5) is 0 Å². The minimum absolute atomic E-state index is 0. The highest BCUT2D eigenvalue weighted by molar-refractivity contribution is 14.0. The van der Waals surface area contributed by atoms with Gasteiger partial charge < -0.3 is 11.1 Å². The lowest BCUT2D eigenvalue weighted by molar-refractivity contribution is 0.541. The van der Waals surface area contributed by atoms with Gasteiger partial charge in [0.1, 0.15) is 0 Å². The molecule has 1 aliphatic carbocycles. The Morgan fingerprint density at radius 1 is 1.16 bits per heavy atom. The van der Waals surface area contributed by atoms with Gasteiger partial charge >= 0.3 is 0 Å². The van der Waals surface area contributed by atoms with Gasteiger partial charge in [0.05, 0.1) is 17.5 Å². The fraction of sp³-hybridized carbons (Fsp3) is 0.917. The molecule has 3 N–H and O–H groups in total. The van der Waals surface area contributed by atoms with Gasteiger partial charge in [-0.2, -0.15) is 0 Å². The van der Waals surface area contributed by atoms with Crippen LogP contribution in [-0.4, -0.2) is 38.0 Å². The number of rotatable bonds is 3. The molecule has 2 fully saturated rings. The van der Waals surface area contributed by atoms with Crippen LogP contribution >= 0.6 is 24.0 Å². The first-order chi connectivity index (χ1) is 8.58. The molecule has 1 unspecified atom stereocenters. The van der Waals surface area contributed by atoms with Gasteiger partial charge in [-0.05, 0) is 25.7 Å². The van der Waals surface area contributed by atoms with Crippen LogP contribution in [0.15, 0.2) is 4.99 Å². The van der Waals surface area contributed by atoms with E-state index in [4.69, 9.17) is 5.73 Å². The monoisotopic (exact) mass is 401 g/mol. The molecule has 0 bridgehead atoms. The smallest absolute Gasteiger partial charge is 0.188 e. The van der Waals surface area contributed by atoms with Crippen LogP contribution in [-0.2, 0) is 9.84 Å². The Labute approximate surface area is 132 Å². The largest absolute Gasteiger partial charge is 0.370 e. The topological polar surface area (TPSA) is 84.5 Å². The predicted molar refractivity (Wildman–Crippen MR) is 88.7 cm³/mol. The van der Waals surface area contributed by atoms with Crippen LogP contribution in [0, 0.1) is 0 Å². The number of sulfone groups is 1. The number of hydrogen-bond donors (Lipinski definition) is 2. The van der Waals surface area contributed by atoms with E-state index in [0.29, 0.717) is 24.3 Å². The van der Waals surface area contributed by atoms with Crippen LogP contribution < -0.4 is 11.1 Å². The lowest BCUT2D eigenvalue weighted by Crippen LogP contribution is -2.40. The third-order valence-corrected chi connectivity index (χ3v) is 6.14. The SMILES string of the molecule is I.NC(=NCC1CCCCS1(=O)=O)NC1CCCC1. The molecule has 2 aliphatic rings. The van der Waals surface area contributed by atoms with E-state index in [9.17, 15) is 8.42 Å². The highest BCUT2D eigenvalue weighted by atomic mass is 127. The maximum Gasteiger partial charge on any atom is 0.188 e. The van der Waals surface area contributed by atoms with Crippen molar-refractivity contribution in [1.82, 2.24) is 5.32 Å². The molecule has 19 heavy (non-hydrogen) atoms. The number of hydrogen-bond acceptors (Lipinski definition) is 3. The van der Waals surface area contributed by atoms with Crippen molar-refractivity contribution in [2.45, 2.75) is 56.2 Å². The van der Waals surface area contributed by atoms with Crippen molar-refractivity contribution >= 4 is 39.8 Å². The van der Waals surface area contributed by atoms with Crippen molar-refractivity contribution in [1.29, 1.82) is 0 Å². The van der Waals surface area contributed by atoms with E-state index in [1.165, 1.54) is 12.8 Å².